The highest BCUT2D eigenvalue weighted by molar-refractivity contribution is 6.63. The van der Waals surface area contributed by atoms with Gasteiger partial charge in [-0.05, 0) is 38.8 Å². The van der Waals surface area contributed by atoms with Crippen LogP contribution in [-0.2, 0) is 23.9 Å². The minimum Gasteiger partial charge on any atom is -0.428 e. The largest absolute Gasteiger partial charge is 0.428 e. The van der Waals surface area contributed by atoms with Crippen molar-refractivity contribution in [2.75, 3.05) is 6.79 Å². The molecule has 0 heterocycles. The van der Waals surface area contributed by atoms with Gasteiger partial charge in [0, 0.05) is 5.92 Å². The minimum atomic E-state index is -0.641. The van der Waals surface area contributed by atoms with Gasteiger partial charge in [-0.2, -0.15) is 0 Å². The van der Waals surface area contributed by atoms with Crippen molar-refractivity contribution in [3.05, 3.63) is 0 Å². The maximum atomic E-state index is 11.6. The average molecular weight is 293 g/mol. The SMILES string of the molecule is C[C@H](C[C@@H](C)C(=O)OCOC(=O)C(C)(C)C)C(=O)Cl. The molecular formula is C13H21ClO5. The van der Waals surface area contributed by atoms with Crippen LogP contribution in [0.5, 0.6) is 0 Å². The number of esters is 2. The van der Waals surface area contributed by atoms with Gasteiger partial charge in [-0.1, -0.05) is 13.8 Å². The highest BCUT2D eigenvalue weighted by Crippen LogP contribution is 2.17. The Bertz CT molecular complexity index is 345. The zero-order valence-corrected chi connectivity index (χ0v) is 12.7. The standard InChI is InChI=1S/C13H21ClO5/c1-8(10(14)15)6-9(2)11(16)18-7-19-12(17)13(3,4)5/h8-9H,6-7H2,1-5H3/t8-,9-/m1/s1. The summed E-state index contributed by atoms with van der Waals surface area (Å²) in [7, 11) is 0. The van der Waals surface area contributed by atoms with E-state index in [0.29, 0.717) is 6.42 Å². The zero-order valence-electron chi connectivity index (χ0n) is 12.0. The Hall–Kier alpha value is -1.10. The molecule has 0 radical (unpaired) electrons. The Kier molecular flexibility index (Phi) is 7.05. The van der Waals surface area contributed by atoms with Crippen LogP contribution in [0.3, 0.4) is 0 Å². The van der Waals surface area contributed by atoms with Gasteiger partial charge in [-0.3, -0.25) is 14.4 Å². The maximum absolute atomic E-state index is 11.6. The predicted octanol–water partition coefficient (Wildman–Crippen LogP) is 2.50. The highest BCUT2D eigenvalue weighted by atomic mass is 35.5. The molecule has 5 nitrogen and oxygen atoms in total. The summed E-state index contributed by atoms with van der Waals surface area (Å²) in [6, 6.07) is 0. The average Bonchev–Trinajstić information content (AvgIpc) is 2.26. The number of rotatable bonds is 6. The third-order valence-corrected chi connectivity index (χ3v) is 2.87. The van der Waals surface area contributed by atoms with Crippen molar-refractivity contribution in [2.45, 2.75) is 41.0 Å². The molecule has 0 saturated heterocycles. The van der Waals surface area contributed by atoms with Crippen LogP contribution < -0.4 is 0 Å². The number of hydrogen-bond acceptors (Lipinski definition) is 5. The fourth-order valence-electron chi connectivity index (χ4n) is 1.22. The molecule has 0 N–H and O–H groups in total. The summed E-state index contributed by atoms with van der Waals surface area (Å²) >= 11 is 5.31. The second-order valence-electron chi connectivity index (χ2n) is 5.60. The Morgan fingerprint density at radius 2 is 1.58 bits per heavy atom. The van der Waals surface area contributed by atoms with Gasteiger partial charge < -0.3 is 9.47 Å². The predicted molar refractivity (Wildman–Crippen MR) is 70.3 cm³/mol. The summed E-state index contributed by atoms with van der Waals surface area (Å²) in [5.74, 6) is -1.86. The first kappa shape index (κ1) is 17.9. The number of halogens is 1. The van der Waals surface area contributed by atoms with Crippen molar-refractivity contribution in [1.29, 1.82) is 0 Å². The summed E-state index contributed by atoms with van der Waals surface area (Å²) in [5, 5.41) is -0.487. The molecule has 0 aromatic heterocycles. The molecule has 6 heteroatoms. The second kappa shape index (κ2) is 7.48. The Balaban J connectivity index is 4.05. The molecule has 0 saturated carbocycles. The fraction of sp³-hybridized carbons (Fsp3) is 0.769. The molecule has 2 atom stereocenters. The van der Waals surface area contributed by atoms with E-state index in [9.17, 15) is 14.4 Å². The lowest BCUT2D eigenvalue weighted by molar-refractivity contribution is -0.175. The quantitative estimate of drug-likeness (QED) is 0.427. The summed E-state index contributed by atoms with van der Waals surface area (Å²) in [6.07, 6.45) is 0.300. The van der Waals surface area contributed by atoms with Crippen LogP contribution in [0.1, 0.15) is 41.0 Å². The molecule has 0 unspecified atom stereocenters. The van der Waals surface area contributed by atoms with Crippen LogP contribution in [0, 0.1) is 17.3 Å². The van der Waals surface area contributed by atoms with Crippen molar-refractivity contribution < 1.29 is 23.9 Å². The van der Waals surface area contributed by atoms with Gasteiger partial charge in [-0.15, -0.1) is 0 Å². The molecule has 0 aliphatic rings. The zero-order chi connectivity index (χ0) is 15.2. The Morgan fingerprint density at radius 1 is 1.05 bits per heavy atom. The van der Waals surface area contributed by atoms with Crippen LogP contribution >= 0.6 is 11.6 Å². The number of ether oxygens (including phenoxy) is 2. The molecule has 0 aliphatic heterocycles. The van der Waals surface area contributed by atoms with E-state index < -0.39 is 41.2 Å². The van der Waals surface area contributed by atoms with Gasteiger partial charge in [0.15, 0.2) is 0 Å². The Morgan fingerprint density at radius 3 is 2.00 bits per heavy atom. The number of carbonyl (C=O) groups excluding carboxylic acids is 3. The fourth-order valence-corrected chi connectivity index (χ4v) is 1.31. The van der Waals surface area contributed by atoms with E-state index in [-0.39, 0.29) is 0 Å². The van der Waals surface area contributed by atoms with Gasteiger partial charge >= 0.3 is 11.9 Å². The van der Waals surface area contributed by atoms with E-state index in [2.05, 4.69) is 0 Å². The van der Waals surface area contributed by atoms with Crippen LogP contribution in [0.2, 0.25) is 0 Å². The summed E-state index contributed by atoms with van der Waals surface area (Å²) in [6.45, 7) is 7.96. The lowest BCUT2D eigenvalue weighted by Gasteiger charge is -2.17. The Labute approximate surface area is 118 Å². The molecule has 0 fully saturated rings. The van der Waals surface area contributed by atoms with Gasteiger partial charge in [0.05, 0.1) is 11.3 Å². The summed E-state index contributed by atoms with van der Waals surface area (Å²) in [5.41, 5.74) is -0.641. The van der Waals surface area contributed by atoms with E-state index in [1.54, 1.807) is 34.6 Å². The van der Waals surface area contributed by atoms with Crippen LogP contribution in [0.15, 0.2) is 0 Å². The van der Waals surface area contributed by atoms with Gasteiger partial charge in [0.2, 0.25) is 12.0 Å². The number of carbonyl (C=O) groups is 3. The lowest BCUT2D eigenvalue weighted by Crippen LogP contribution is -2.26. The van der Waals surface area contributed by atoms with Gasteiger partial charge in [0.1, 0.15) is 0 Å². The lowest BCUT2D eigenvalue weighted by atomic mass is 9.98. The van der Waals surface area contributed by atoms with E-state index in [1.807, 2.05) is 0 Å². The van der Waals surface area contributed by atoms with Gasteiger partial charge in [0.25, 0.3) is 0 Å². The normalized spacial score (nSPS) is 14.4. The molecule has 0 amide bonds. The first-order chi connectivity index (χ1) is 8.55. The molecule has 0 rings (SSSR count). The van der Waals surface area contributed by atoms with Crippen LogP contribution in [-0.4, -0.2) is 24.0 Å². The molecule has 0 spiro atoms. The second-order valence-corrected chi connectivity index (χ2v) is 5.98. The van der Waals surface area contributed by atoms with Crippen molar-refractivity contribution >= 4 is 28.8 Å². The molecule has 0 aromatic rings. The van der Waals surface area contributed by atoms with E-state index in [0.717, 1.165) is 0 Å². The third-order valence-electron chi connectivity index (χ3n) is 2.50. The topological polar surface area (TPSA) is 69.7 Å². The monoisotopic (exact) mass is 292 g/mol. The third kappa shape index (κ3) is 7.15. The molecule has 0 aliphatic carbocycles. The van der Waals surface area contributed by atoms with E-state index >= 15 is 0 Å². The van der Waals surface area contributed by atoms with Crippen molar-refractivity contribution in [2.24, 2.45) is 17.3 Å². The first-order valence-electron chi connectivity index (χ1n) is 6.09. The van der Waals surface area contributed by atoms with Crippen molar-refractivity contribution in [1.82, 2.24) is 0 Å². The van der Waals surface area contributed by atoms with Crippen LogP contribution in [0.25, 0.3) is 0 Å². The smallest absolute Gasteiger partial charge is 0.314 e. The summed E-state index contributed by atoms with van der Waals surface area (Å²) in [4.78, 5) is 33.8. The molecule has 19 heavy (non-hydrogen) atoms. The van der Waals surface area contributed by atoms with Crippen molar-refractivity contribution in [3.63, 3.8) is 0 Å². The van der Waals surface area contributed by atoms with Crippen LogP contribution in [0.4, 0.5) is 0 Å². The van der Waals surface area contributed by atoms with Gasteiger partial charge in [-0.25, -0.2) is 0 Å². The van der Waals surface area contributed by atoms with E-state index in [1.165, 1.54) is 0 Å². The highest BCUT2D eigenvalue weighted by Gasteiger charge is 2.24. The minimum absolute atomic E-state index is 0.300. The van der Waals surface area contributed by atoms with Crippen molar-refractivity contribution in [3.8, 4) is 0 Å². The molecule has 0 aromatic carbocycles. The molecule has 0 bridgehead atoms. The first-order valence-corrected chi connectivity index (χ1v) is 6.46. The number of hydrogen-bond donors (Lipinski definition) is 0. The maximum Gasteiger partial charge on any atom is 0.314 e. The molecular weight excluding hydrogens is 272 g/mol. The summed E-state index contributed by atoms with van der Waals surface area (Å²) < 4.78 is 9.62. The molecule has 110 valence electrons. The van der Waals surface area contributed by atoms with E-state index in [4.69, 9.17) is 21.1 Å².